The molecule has 0 unspecified atom stereocenters. The van der Waals surface area contributed by atoms with Crippen LogP contribution in [0.25, 0.3) is 72.8 Å². The SMILES string of the molecule is FC(F)(F)c1ccc2c(c1)c1ccccc1n2-c1cc(-c2nc(-c3ccccc3)nc(-c3ccccc3)n2)ccc1-c1cccc([Si](c2ccccc2)(c2ccccc2)c2ccccc2)c1. The van der Waals surface area contributed by atoms with Gasteiger partial charge in [0.15, 0.2) is 25.5 Å². The van der Waals surface area contributed by atoms with Gasteiger partial charge in [0.2, 0.25) is 0 Å². The second kappa shape index (κ2) is 16.7. The summed E-state index contributed by atoms with van der Waals surface area (Å²) in [5, 5.41) is 6.15. The van der Waals surface area contributed by atoms with E-state index in [4.69, 9.17) is 15.0 Å². The van der Waals surface area contributed by atoms with E-state index in [-0.39, 0.29) is 0 Å². The van der Waals surface area contributed by atoms with E-state index in [1.165, 1.54) is 32.9 Å². The summed E-state index contributed by atoms with van der Waals surface area (Å²) in [6.45, 7) is 0. The van der Waals surface area contributed by atoms with Crippen molar-refractivity contribution >= 4 is 50.6 Å². The summed E-state index contributed by atoms with van der Waals surface area (Å²) < 4.78 is 45.2. The molecule has 0 aliphatic rings. The number of fused-ring (bicyclic) bond motifs is 3. The number of nitrogens with zero attached hydrogens (tertiary/aromatic N) is 4. The maximum absolute atomic E-state index is 14.4. The summed E-state index contributed by atoms with van der Waals surface area (Å²) in [5.74, 6) is 1.52. The zero-order chi connectivity index (χ0) is 44.7. The van der Waals surface area contributed by atoms with Crippen molar-refractivity contribution in [3.05, 3.63) is 242 Å². The Kier molecular flexibility index (Phi) is 10.3. The second-order valence-electron chi connectivity index (χ2n) is 16.3. The van der Waals surface area contributed by atoms with Gasteiger partial charge in [-0.2, -0.15) is 13.2 Å². The minimum Gasteiger partial charge on any atom is -0.309 e. The molecule has 0 aliphatic heterocycles. The number of para-hydroxylation sites is 1. The van der Waals surface area contributed by atoms with Gasteiger partial charge < -0.3 is 4.57 Å². The summed E-state index contributed by atoms with van der Waals surface area (Å²) >= 11 is 0. The van der Waals surface area contributed by atoms with Gasteiger partial charge in [0.25, 0.3) is 0 Å². The third kappa shape index (κ3) is 7.18. The number of benzene rings is 9. The molecule has 0 spiro atoms. The predicted octanol–water partition coefficient (Wildman–Crippen LogP) is 12.0. The summed E-state index contributed by atoms with van der Waals surface area (Å²) in [7, 11) is -2.94. The van der Waals surface area contributed by atoms with Crippen molar-refractivity contribution in [2.45, 2.75) is 6.18 Å². The lowest BCUT2D eigenvalue weighted by molar-refractivity contribution is -0.137. The van der Waals surface area contributed by atoms with Crippen LogP contribution in [0, 0.1) is 0 Å². The number of halogens is 3. The lowest BCUT2D eigenvalue weighted by Crippen LogP contribution is -2.74. The number of aromatic nitrogens is 4. The monoisotopic (exact) mass is 876 g/mol. The van der Waals surface area contributed by atoms with Crippen molar-refractivity contribution < 1.29 is 13.2 Å². The number of hydrogen-bond donors (Lipinski definition) is 0. The fraction of sp³-hybridized carbons (Fsp3) is 0.0172. The van der Waals surface area contributed by atoms with Crippen LogP contribution in [0.3, 0.4) is 0 Å². The average molecular weight is 877 g/mol. The minimum atomic E-state index is -4.51. The predicted molar refractivity (Wildman–Crippen MR) is 265 cm³/mol. The van der Waals surface area contributed by atoms with Crippen molar-refractivity contribution in [3.63, 3.8) is 0 Å². The van der Waals surface area contributed by atoms with Crippen molar-refractivity contribution in [2.75, 3.05) is 0 Å². The molecule has 316 valence electrons. The minimum absolute atomic E-state index is 0.466. The zero-order valence-electron chi connectivity index (χ0n) is 35.4. The fourth-order valence-electron chi connectivity index (χ4n) is 9.43. The average Bonchev–Trinajstić information content (AvgIpc) is 3.71. The largest absolute Gasteiger partial charge is 0.416 e. The highest BCUT2D eigenvalue weighted by Crippen LogP contribution is 2.40. The van der Waals surface area contributed by atoms with E-state index in [0.29, 0.717) is 33.8 Å². The van der Waals surface area contributed by atoms with Gasteiger partial charge in [0.1, 0.15) is 0 Å². The first kappa shape index (κ1) is 40.6. The maximum atomic E-state index is 14.4. The topological polar surface area (TPSA) is 43.6 Å². The van der Waals surface area contributed by atoms with Crippen LogP contribution in [0.4, 0.5) is 13.2 Å². The van der Waals surface area contributed by atoms with Gasteiger partial charge in [-0.15, -0.1) is 0 Å². The highest BCUT2D eigenvalue weighted by Gasteiger charge is 2.41. The second-order valence-corrected chi connectivity index (χ2v) is 20.1. The van der Waals surface area contributed by atoms with Crippen LogP contribution in [-0.2, 0) is 6.18 Å². The molecule has 0 bridgehead atoms. The van der Waals surface area contributed by atoms with E-state index < -0.39 is 19.8 Å². The third-order valence-corrected chi connectivity index (χ3v) is 17.2. The molecule has 0 aliphatic carbocycles. The molecule has 4 nitrogen and oxygen atoms in total. The van der Waals surface area contributed by atoms with E-state index in [1.54, 1.807) is 6.07 Å². The Labute approximate surface area is 381 Å². The molecule has 0 radical (unpaired) electrons. The Morgan fingerprint density at radius 2 is 0.803 bits per heavy atom. The number of rotatable bonds is 9. The van der Waals surface area contributed by atoms with Crippen LogP contribution in [0.1, 0.15) is 5.56 Å². The summed E-state index contributed by atoms with van der Waals surface area (Å²) in [6.07, 6.45) is -4.51. The van der Waals surface area contributed by atoms with Crippen LogP contribution in [0.15, 0.2) is 237 Å². The van der Waals surface area contributed by atoms with E-state index in [1.807, 2.05) is 91.0 Å². The molecule has 66 heavy (non-hydrogen) atoms. The third-order valence-electron chi connectivity index (χ3n) is 12.4. The quantitative estimate of drug-likeness (QED) is 0.107. The first-order chi connectivity index (χ1) is 32.4. The lowest BCUT2D eigenvalue weighted by atomic mass is 10.0. The summed E-state index contributed by atoms with van der Waals surface area (Å²) in [4.78, 5) is 15.1. The normalized spacial score (nSPS) is 11.9. The summed E-state index contributed by atoms with van der Waals surface area (Å²) in [6, 6.07) is 78.7. The highest BCUT2D eigenvalue weighted by molar-refractivity contribution is 7.19. The molecular formula is C58H39F3N4Si. The van der Waals surface area contributed by atoms with Crippen LogP contribution in [0.2, 0.25) is 0 Å². The van der Waals surface area contributed by atoms with E-state index in [0.717, 1.165) is 39.0 Å². The van der Waals surface area contributed by atoms with Crippen molar-refractivity contribution in [1.29, 1.82) is 0 Å². The van der Waals surface area contributed by atoms with Crippen LogP contribution >= 0.6 is 0 Å². The van der Waals surface area contributed by atoms with Gasteiger partial charge in [-0.25, -0.2) is 15.0 Å². The van der Waals surface area contributed by atoms with Crippen molar-refractivity contribution in [2.24, 2.45) is 0 Å². The molecule has 11 rings (SSSR count). The zero-order valence-corrected chi connectivity index (χ0v) is 36.4. The Balaban J connectivity index is 1.20. The number of hydrogen-bond acceptors (Lipinski definition) is 3. The molecule has 0 saturated carbocycles. The summed E-state index contributed by atoms with van der Waals surface area (Å²) in [5.41, 5.74) is 5.75. The molecule has 0 saturated heterocycles. The Bertz CT molecular complexity index is 3350. The molecular weight excluding hydrogens is 838 g/mol. The molecule has 8 heteroatoms. The lowest BCUT2D eigenvalue weighted by Gasteiger charge is -2.34. The Morgan fingerprint density at radius 1 is 0.348 bits per heavy atom. The van der Waals surface area contributed by atoms with Crippen molar-refractivity contribution in [3.8, 4) is 51.0 Å². The molecule has 0 atom stereocenters. The first-order valence-corrected chi connectivity index (χ1v) is 23.8. The standard InChI is InChI=1S/C58H39F3N4Si/c59-58(60,61)44-34-36-53-51(39-44)50-31-16-17-32-52(50)65(53)54-38-43(57-63-55(40-19-6-1-7-20-40)62-56(64-57)41-21-8-2-9-22-41)33-35-49(54)42-23-18-30-48(37-42)66(45-24-10-3-11-25-45,46-26-12-4-13-27-46)47-28-14-5-15-29-47/h1-39H. The Morgan fingerprint density at radius 3 is 1.35 bits per heavy atom. The Hall–Kier alpha value is -8.20. The van der Waals surface area contributed by atoms with Crippen LogP contribution < -0.4 is 20.7 Å². The highest BCUT2D eigenvalue weighted by atomic mass is 28.3. The maximum Gasteiger partial charge on any atom is 0.416 e. The molecule has 2 heterocycles. The van der Waals surface area contributed by atoms with Gasteiger partial charge in [0, 0.05) is 33.0 Å². The molecule has 0 N–H and O–H groups in total. The van der Waals surface area contributed by atoms with Gasteiger partial charge in [-0.05, 0) is 56.6 Å². The molecule has 0 fully saturated rings. The molecule has 9 aromatic carbocycles. The van der Waals surface area contributed by atoms with Crippen molar-refractivity contribution in [1.82, 2.24) is 19.5 Å². The van der Waals surface area contributed by atoms with E-state index in [2.05, 4.69) is 132 Å². The van der Waals surface area contributed by atoms with E-state index in [9.17, 15) is 13.2 Å². The van der Waals surface area contributed by atoms with Gasteiger partial charge in [-0.3, -0.25) is 0 Å². The molecule has 0 amide bonds. The van der Waals surface area contributed by atoms with Gasteiger partial charge in [0.05, 0.1) is 22.3 Å². The fourth-order valence-corrected chi connectivity index (χ4v) is 14.2. The van der Waals surface area contributed by atoms with Gasteiger partial charge >= 0.3 is 6.18 Å². The first-order valence-electron chi connectivity index (χ1n) is 21.8. The van der Waals surface area contributed by atoms with Gasteiger partial charge in [-0.1, -0.05) is 206 Å². The van der Waals surface area contributed by atoms with Crippen LogP contribution in [0.5, 0.6) is 0 Å². The molecule has 2 aromatic heterocycles. The number of alkyl halides is 3. The van der Waals surface area contributed by atoms with E-state index >= 15 is 0 Å². The van der Waals surface area contributed by atoms with Crippen LogP contribution in [-0.4, -0.2) is 27.6 Å². The molecule has 11 aromatic rings. The smallest absolute Gasteiger partial charge is 0.309 e.